The first-order valence-electron chi connectivity index (χ1n) is 24.2. The molecule has 76 heavy (non-hydrogen) atoms. The van der Waals surface area contributed by atoms with Crippen molar-refractivity contribution in [2.24, 2.45) is 16.6 Å². The number of ether oxygens (including phenoxy) is 3. The second-order valence-electron chi connectivity index (χ2n) is 20.3. The number of rotatable bonds is 20. The van der Waals surface area contributed by atoms with Gasteiger partial charge >= 0.3 is 0 Å². The average molecular weight is 1200 g/mol. The highest BCUT2D eigenvalue weighted by atomic mass is 35.5. The number of benzene rings is 3. The highest BCUT2D eigenvalue weighted by Crippen LogP contribution is 2.70. The molecule has 9 saturated carbocycles. The van der Waals surface area contributed by atoms with E-state index in [9.17, 15) is 33.6 Å². The van der Waals surface area contributed by atoms with Gasteiger partial charge in [0.15, 0.2) is 19.8 Å². The molecule has 24 heteroatoms. The summed E-state index contributed by atoms with van der Waals surface area (Å²) in [6.07, 6.45) is 11.5. The summed E-state index contributed by atoms with van der Waals surface area (Å²) in [5.41, 5.74) is 6.35. The Morgan fingerprint density at radius 3 is 0.934 bits per heavy atom. The van der Waals surface area contributed by atoms with E-state index in [4.69, 9.17) is 89.5 Å². The first kappa shape index (κ1) is 64.1. The molecule has 0 aliphatic heterocycles. The molecule has 418 valence electrons. The maximum absolute atomic E-state index is 12.0. The Morgan fingerprint density at radius 1 is 0.461 bits per heavy atom. The van der Waals surface area contributed by atoms with Gasteiger partial charge in [-0.1, -0.05) is 34.8 Å². The van der Waals surface area contributed by atoms with Crippen LogP contribution in [0.2, 0.25) is 15.1 Å². The van der Waals surface area contributed by atoms with Crippen LogP contribution in [0.25, 0.3) is 0 Å². The Bertz CT molecular complexity index is 2310. The van der Waals surface area contributed by atoms with Gasteiger partial charge < -0.3 is 51.8 Å². The lowest BCUT2D eigenvalue weighted by molar-refractivity contribution is -0.171. The molecular weight excluding hydrogens is 1130 g/mol. The summed E-state index contributed by atoms with van der Waals surface area (Å²) in [4.78, 5) is 77.7. The fourth-order valence-corrected chi connectivity index (χ4v) is 11.4. The predicted octanol–water partition coefficient (Wildman–Crippen LogP) is 7.42. The molecule has 0 aromatic heterocycles. The Morgan fingerprint density at radius 2 is 0.724 bits per heavy atom. The SMILES string of the molecule is CNC(=O)CCC12CC(NC(=O)COc3ccc(Cl)cc3)(C1)C2.CNC(=O)CCC12CC(NC(=O)COc3ccc(Cl)cc3)(C1)C2.CNC(=O)CCl.Cl.NC12CC(NC(=O)COc3ccc(Cl)cc3)(C1)C2.O=C(Cl)CCl. The first-order valence-corrected chi connectivity index (χ1v) is 26.8. The number of alkyl halides is 2. The van der Waals surface area contributed by atoms with Crippen molar-refractivity contribution >= 4 is 123 Å². The molecule has 12 rings (SSSR count). The molecule has 9 aliphatic rings. The number of nitrogens with two attached hydrogens (primary N) is 1. The molecule has 0 unspecified atom stereocenters. The van der Waals surface area contributed by atoms with Crippen LogP contribution in [0.15, 0.2) is 72.8 Å². The third-order valence-corrected chi connectivity index (χ3v) is 15.5. The Hall–Kier alpha value is -4.46. The van der Waals surface area contributed by atoms with Gasteiger partial charge in [-0.25, -0.2) is 0 Å². The third-order valence-electron chi connectivity index (χ3n) is 13.9. The minimum atomic E-state index is -0.508. The fraction of sp³-hybridized carbons (Fsp3) is 0.519. The minimum Gasteiger partial charge on any atom is -0.484 e. The molecule has 6 bridgehead atoms. The quantitative estimate of drug-likeness (QED) is 0.0434. The number of nitrogens with one attached hydrogen (secondary N) is 6. The van der Waals surface area contributed by atoms with Crippen LogP contribution in [0.1, 0.15) is 83.5 Å². The van der Waals surface area contributed by atoms with Crippen LogP contribution in [0.3, 0.4) is 0 Å². The van der Waals surface area contributed by atoms with E-state index < -0.39 is 5.24 Å². The van der Waals surface area contributed by atoms with E-state index in [0.29, 0.717) is 45.2 Å². The average Bonchev–Trinajstić information content (AvgIpc) is 3.33. The van der Waals surface area contributed by atoms with E-state index in [0.717, 1.165) is 70.6 Å². The van der Waals surface area contributed by atoms with Crippen LogP contribution in [-0.2, 0) is 33.6 Å². The molecule has 0 atom stereocenters. The summed E-state index contributed by atoms with van der Waals surface area (Å²) in [5, 5.41) is 18.2. The molecule has 9 fully saturated rings. The predicted molar refractivity (Wildman–Crippen MR) is 297 cm³/mol. The van der Waals surface area contributed by atoms with Crippen molar-refractivity contribution in [2.45, 2.75) is 106 Å². The molecule has 0 heterocycles. The monoisotopic (exact) mass is 1190 g/mol. The summed E-state index contributed by atoms with van der Waals surface area (Å²) in [6, 6.07) is 20.8. The highest BCUT2D eigenvalue weighted by molar-refractivity contribution is 6.67. The summed E-state index contributed by atoms with van der Waals surface area (Å²) in [7, 11) is 4.87. The molecule has 3 aromatic rings. The fourth-order valence-electron chi connectivity index (χ4n) is 10.9. The van der Waals surface area contributed by atoms with Gasteiger partial charge in [-0.2, -0.15) is 0 Å². The highest BCUT2D eigenvalue weighted by Gasteiger charge is 2.69. The van der Waals surface area contributed by atoms with Crippen molar-refractivity contribution in [3.63, 3.8) is 0 Å². The summed E-state index contributed by atoms with van der Waals surface area (Å²) >= 11 is 31.9. The van der Waals surface area contributed by atoms with Crippen molar-refractivity contribution in [1.29, 1.82) is 0 Å². The van der Waals surface area contributed by atoms with Crippen LogP contribution >= 0.6 is 82.0 Å². The molecule has 17 nitrogen and oxygen atoms in total. The Balaban J connectivity index is 0.000000224. The Labute approximate surface area is 479 Å². The molecule has 0 spiro atoms. The number of amides is 6. The standard InChI is InChI=1S/2C17H21ClN2O3.C13H15ClN2O2.C3H6ClNO.C2H2Cl2O.ClH/c2*1-19-14(21)6-7-16-9-17(10-16,11-16)20-15(22)8-23-13-4-2-12(18)3-5-13;14-9-1-3-10(4-2-9)18-5-11(17)16-13-6-12(15,7-13)8-13;1-5-3(6)2-4;3-1-2(4)5;/h2*2-5H,6-11H2,1H3,(H,19,21)(H,20,22);1-4H,5-8,15H2,(H,16,17);2H2,1H3,(H,5,6);1H2;1H. The maximum Gasteiger partial charge on any atom is 0.258 e. The van der Waals surface area contributed by atoms with Gasteiger partial charge in [0.2, 0.25) is 23.0 Å². The van der Waals surface area contributed by atoms with E-state index >= 15 is 0 Å². The van der Waals surface area contributed by atoms with Gasteiger partial charge in [-0.15, -0.1) is 35.6 Å². The van der Waals surface area contributed by atoms with Gasteiger partial charge in [0.1, 0.15) is 23.1 Å². The van der Waals surface area contributed by atoms with Crippen molar-refractivity contribution in [1.82, 2.24) is 31.9 Å². The molecule has 6 amide bonds. The number of halogens is 7. The van der Waals surface area contributed by atoms with Crippen molar-refractivity contribution in [2.75, 3.05) is 52.7 Å². The second kappa shape index (κ2) is 28.4. The first-order chi connectivity index (χ1) is 35.4. The molecule has 0 saturated heterocycles. The topological polar surface area (TPSA) is 245 Å². The lowest BCUT2D eigenvalue weighted by Gasteiger charge is -2.71. The smallest absolute Gasteiger partial charge is 0.258 e. The number of carbonyl (C=O) groups is 7. The lowest BCUT2D eigenvalue weighted by Crippen LogP contribution is -2.82. The molecule has 9 aliphatic carbocycles. The third kappa shape index (κ3) is 18.9. The second-order valence-corrected chi connectivity index (χ2v) is 22.6. The summed E-state index contributed by atoms with van der Waals surface area (Å²) in [5.74, 6) is 1.60. The van der Waals surface area contributed by atoms with E-state index in [1.165, 1.54) is 0 Å². The van der Waals surface area contributed by atoms with Crippen molar-refractivity contribution < 1.29 is 47.8 Å². The van der Waals surface area contributed by atoms with Gasteiger partial charge in [-0.3, -0.25) is 33.6 Å². The zero-order valence-corrected chi connectivity index (χ0v) is 47.8. The largest absolute Gasteiger partial charge is 0.484 e. The van der Waals surface area contributed by atoms with E-state index in [1.807, 2.05) is 0 Å². The van der Waals surface area contributed by atoms with Crippen LogP contribution in [0.4, 0.5) is 0 Å². The van der Waals surface area contributed by atoms with Gasteiger partial charge in [0, 0.05) is 71.2 Å². The van der Waals surface area contributed by atoms with Gasteiger partial charge in [0.25, 0.3) is 17.7 Å². The zero-order valence-electron chi connectivity index (χ0n) is 42.5. The van der Waals surface area contributed by atoms with E-state index in [-0.39, 0.29) is 112 Å². The maximum atomic E-state index is 12.0. The van der Waals surface area contributed by atoms with Crippen molar-refractivity contribution in [3.8, 4) is 17.2 Å². The molecular formula is C52H66Cl7N7O10. The number of hydrogen-bond acceptors (Lipinski definition) is 11. The number of hydrogen-bond donors (Lipinski definition) is 7. The van der Waals surface area contributed by atoms with Crippen LogP contribution < -0.4 is 51.8 Å². The van der Waals surface area contributed by atoms with Crippen LogP contribution in [-0.4, -0.2) is 116 Å². The molecule has 8 N–H and O–H groups in total. The number of carbonyl (C=O) groups excluding carboxylic acids is 7. The van der Waals surface area contributed by atoms with Gasteiger partial charge in [-0.05, 0) is 166 Å². The molecule has 3 aromatic carbocycles. The van der Waals surface area contributed by atoms with Crippen LogP contribution in [0.5, 0.6) is 17.2 Å². The minimum absolute atomic E-state index is 0. The molecule has 0 radical (unpaired) electrons. The normalized spacial score (nSPS) is 25.3. The lowest BCUT2D eigenvalue weighted by atomic mass is 9.38. The van der Waals surface area contributed by atoms with E-state index in [1.54, 1.807) is 93.9 Å². The zero-order chi connectivity index (χ0) is 55.1. The summed E-state index contributed by atoms with van der Waals surface area (Å²) < 4.78 is 16.3. The van der Waals surface area contributed by atoms with Crippen molar-refractivity contribution in [3.05, 3.63) is 87.9 Å². The Kier molecular flexibility index (Phi) is 24.0. The van der Waals surface area contributed by atoms with Gasteiger partial charge in [0.05, 0.1) is 5.88 Å². The van der Waals surface area contributed by atoms with Crippen LogP contribution in [0, 0.1) is 10.8 Å². The summed E-state index contributed by atoms with van der Waals surface area (Å²) in [6.45, 7) is 0.0458. The van der Waals surface area contributed by atoms with E-state index in [2.05, 4.69) is 31.9 Å².